The summed E-state index contributed by atoms with van der Waals surface area (Å²) in [6.45, 7) is 3.20. The van der Waals surface area contributed by atoms with Gasteiger partial charge in [0.05, 0.1) is 6.04 Å². The Morgan fingerprint density at radius 3 is 2.78 bits per heavy atom. The monoisotopic (exact) mass is 336 g/mol. The van der Waals surface area contributed by atoms with Crippen molar-refractivity contribution >= 4 is 18.3 Å². The van der Waals surface area contributed by atoms with Gasteiger partial charge in [-0.15, -0.1) is 12.4 Å². The molecule has 0 spiro atoms. The average Bonchev–Trinajstić information content (AvgIpc) is 3.06. The van der Waals surface area contributed by atoms with E-state index in [2.05, 4.69) is 35.8 Å². The number of benzene rings is 1. The van der Waals surface area contributed by atoms with Crippen molar-refractivity contribution in [2.24, 2.45) is 0 Å². The highest BCUT2D eigenvalue weighted by atomic mass is 35.5. The van der Waals surface area contributed by atoms with Gasteiger partial charge < -0.3 is 10.6 Å². The lowest BCUT2D eigenvalue weighted by Gasteiger charge is -2.20. The number of rotatable bonds is 5. The molecule has 23 heavy (non-hydrogen) atoms. The van der Waals surface area contributed by atoms with E-state index in [1.165, 1.54) is 55.2 Å². The molecule has 3 nitrogen and oxygen atoms in total. The van der Waals surface area contributed by atoms with E-state index < -0.39 is 0 Å². The minimum Gasteiger partial charge on any atom is -0.350 e. The van der Waals surface area contributed by atoms with Gasteiger partial charge >= 0.3 is 0 Å². The second-order valence-electron chi connectivity index (χ2n) is 6.86. The van der Waals surface area contributed by atoms with Crippen LogP contribution in [0.2, 0.25) is 0 Å². The third-order valence-electron chi connectivity index (χ3n) is 5.13. The van der Waals surface area contributed by atoms with Crippen molar-refractivity contribution in [3.05, 3.63) is 34.9 Å². The van der Waals surface area contributed by atoms with Crippen molar-refractivity contribution in [2.45, 2.75) is 70.4 Å². The van der Waals surface area contributed by atoms with Crippen LogP contribution in [-0.4, -0.2) is 18.5 Å². The Hall–Kier alpha value is -1.06. The van der Waals surface area contributed by atoms with Crippen molar-refractivity contribution in [1.29, 1.82) is 0 Å². The molecule has 3 rings (SSSR count). The zero-order chi connectivity index (χ0) is 15.4. The molecule has 1 saturated heterocycles. The highest BCUT2D eigenvalue weighted by Gasteiger charge is 2.17. The van der Waals surface area contributed by atoms with Crippen molar-refractivity contribution in [2.75, 3.05) is 6.54 Å². The molecule has 2 unspecified atom stereocenters. The van der Waals surface area contributed by atoms with Crippen LogP contribution in [0, 0.1) is 0 Å². The first kappa shape index (κ1) is 18.3. The summed E-state index contributed by atoms with van der Waals surface area (Å²) in [5.74, 6) is 0.180. The van der Waals surface area contributed by atoms with Crippen LogP contribution in [0.4, 0.5) is 0 Å². The molecule has 0 radical (unpaired) electrons. The predicted octanol–water partition coefficient (Wildman–Crippen LogP) is 3.70. The number of aryl methyl sites for hydroxylation is 2. The van der Waals surface area contributed by atoms with E-state index in [0.717, 1.165) is 13.0 Å². The van der Waals surface area contributed by atoms with Crippen molar-refractivity contribution in [3.63, 3.8) is 0 Å². The number of fused-ring (bicyclic) bond motifs is 1. The first-order valence-electron chi connectivity index (χ1n) is 8.87. The molecule has 4 heteroatoms. The lowest BCUT2D eigenvalue weighted by atomic mass is 9.89. The number of nitrogens with one attached hydrogen (secondary N) is 2. The molecule has 0 aromatic heterocycles. The maximum atomic E-state index is 12.1. The average molecular weight is 337 g/mol. The van der Waals surface area contributed by atoms with Crippen LogP contribution in [0.25, 0.3) is 0 Å². The molecule has 1 fully saturated rings. The smallest absolute Gasteiger partial charge is 0.220 e. The summed E-state index contributed by atoms with van der Waals surface area (Å²) in [6, 6.07) is 7.40. The molecular weight excluding hydrogens is 308 g/mol. The van der Waals surface area contributed by atoms with E-state index in [1.54, 1.807) is 0 Å². The zero-order valence-corrected chi connectivity index (χ0v) is 14.9. The minimum absolute atomic E-state index is 0. The molecule has 1 aliphatic heterocycles. The number of carbonyl (C=O) groups is 1. The highest BCUT2D eigenvalue weighted by Crippen LogP contribution is 2.24. The molecule has 1 aromatic carbocycles. The fraction of sp³-hybridized carbons (Fsp3) is 0.632. The maximum Gasteiger partial charge on any atom is 0.220 e. The zero-order valence-electron chi connectivity index (χ0n) is 14.1. The minimum atomic E-state index is 0. The SMILES string of the molecule is CC(NC(=O)CCC1CCCN1)c1ccc2c(c1)CCCC2.Cl. The summed E-state index contributed by atoms with van der Waals surface area (Å²) in [5, 5.41) is 6.61. The molecule has 1 amide bonds. The van der Waals surface area contributed by atoms with Gasteiger partial charge in [-0.05, 0) is 75.1 Å². The van der Waals surface area contributed by atoms with Gasteiger partial charge in [0, 0.05) is 12.5 Å². The Morgan fingerprint density at radius 2 is 2.04 bits per heavy atom. The first-order chi connectivity index (χ1) is 10.7. The quantitative estimate of drug-likeness (QED) is 0.860. The number of halogens is 1. The van der Waals surface area contributed by atoms with E-state index in [9.17, 15) is 4.79 Å². The summed E-state index contributed by atoms with van der Waals surface area (Å²) in [4.78, 5) is 12.1. The van der Waals surface area contributed by atoms with E-state index in [4.69, 9.17) is 0 Å². The Morgan fingerprint density at radius 1 is 1.26 bits per heavy atom. The molecule has 0 bridgehead atoms. The molecule has 128 valence electrons. The fourth-order valence-electron chi connectivity index (χ4n) is 3.73. The molecule has 1 aliphatic carbocycles. The van der Waals surface area contributed by atoms with E-state index in [-0.39, 0.29) is 24.4 Å². The Bertz CT molecular complexity index is 526. The van der Waals surface area contributed by atoms with E-state index in [0.29, 0.717) is 12.5 Å². The van der Waals surface area contributed by atoms with Crippen molar-refractivity contribution in [3.8, 4) is 0 Å². The second kappa shape index (κ2) is 8.70. The molecular formula is C19H29ClN2O. The lowest BCUT2D eigenvalue weighted by molar-refractivity contribution is -0.121. The fourth-order valence-corrected chi connectivity index (χ4v) is 3.73. The molecule has 2 atom stereocenters. The standard InChI is InChI=1S/C19H28N2O.ClH/c1-14(21-19(22)11-10-18-7-4-12-20-18)16-9-8-15-5-2-3-6-17(15)13-16;/h8-9,13-14,18,20H,2-7,10-12H2,1H3,(H,21,22);1H. The van der Waals surface area contributed by atoms with Gasteiger partial charge in [-0.2, -0.15) is 0 Å². The second-order valence-corrected chi connectivity index (χ2v) is 6.86. The van der Waals surface area contributed by atoms with Gasteiger partial charge in [0.25, 0.3) is 0 Å². The van der Waals surface area contributed by atoms with Crippen LogP contribution in [0.15, 0.2) is 18.2 Å². The number of hydrogen-bond donors (Lipinski definition) is 2. The van der Waals surface area contributed by atoms with Crippen molar-refractivity contribution in [1.82, 2.24) is 10.6 Å². The van der Waals surface area contributed by atoms with Crippen LogP contribution in [0.1, 0.15) is 68.2 Å². The van der Waals surface area contributed by atoms with E-state index >= 15 is 0 Å². The predicted molar refractivity (Wildman–Crippen MR) is 97.1 cm³/mol. The van der Waals surface area contributed by atoms with Gasteiger partial charge in [-0.3, -0.25) is 4.79 Å². The molecule has 1 aromatic rings. The van der Waals surface area contributed by atoms with Crippen LogP contribution in [0.5, 0.6) is 0 Å². The van der Waals surface area contributed by atoms with Crippen molar-refractivity contribution < 1.29 is 4.79 Å². The molecule has 1 heterocycles. The van der Waals surface area contributed by atoms with Gasteiger partial charge in [-0.25, -0.2) is 0 Å². The summed E-state index contributed by atoms with van der Waals surface area (Å²) in [7, 11) is 0. The topological polar surface area (TPSA) is 41.1 Å². The third kappa shape index (κ3) is 4.95. The summed E-state index contributed by atoms with van der Waals surface area (Å²) < 4.78 is 0. The van der Waals surface area contributed by atoms with Crippen LogP contribution in [-0.2, 0) is 17.6 Å². The van der Waals surface area contributed by atoms with Gasteiger partial charge in [0.15, 0.2) is 0 Å². The van der Waals surface area contributed by atoms with Gasteiger partial charge in [-0.1, -0.05) is 18.2 Å². The van der Waals surface area contributed by atoms with Gasteiger partial charge in [0.2, 0.25) is 5.91 Å². The molecule has 0 saturated carbocycles. The third-order valence-corrected chi connectivity index (χ3v) is 5.13. The number of carbonyl (C=O) groups excluding carboxylic acids is 1. The Labute approximate surface area is 146 Å². The maximum absolute atomic E-state index is 12.1. The van der Waals surface area contributed by atoms with Crippen LogP contribution >= 0.6 is 12.4 Å². The normalized spacial score (nSPS) is 21.2. The Balaban J connectivity index is 0.00000192. The van der Waals surface area contributed by atoms with Gasteiger partial charge in [0.1, 0.15) is 0 Å². The first-order valence-corrected chi connectivity index (χ1v) is 8.87. The molecule has 2 aliphatic rings. The number of hydrogen-bond acceptors (Lipinski definition) is 2. The van der Waals surface area contributed by atoms with Crippen LogP contribution in [0.3, 0.4) is 0 Å². The molecule has 2 N–H and O–H groups in total. The summed E-state index contributed by atoms with van der Waals surface area (Å²) in [6.07, 6.45) is 9.07. The lowest BCUT2D eigenvalue weighted by Crippen LogP contribution is -2.29. The number of amides is 1. The highest BCUT2D eigenvalue weighted by molar-refractivity contribution is 5.85. The Kier molecular flexibility index (Phi) is 6.91. The van der Waals surface area contributed by atoms with Crippen LogP contribution < -0.4 is 10.6 Å². The van der Waals surface area contributed by atoms with E-state index in [1.807, 2.05) is 0 Å². The summed E-state index contributed by atoms with van der Waals surface area (Å²) >= 11 is 0. The summed E-state index contributed by atoms with van der Waals surface area (Å²) in [5.41, 5.74) is 4.23. The largest absolute Gasteiger partial charge is 0.350 e.